The van der Waals surface area contributed by atoms with Crippen molar-refractivity contribution in [1.29, 1.82) is 0 Å². The maximum atomic E-state index is 12.5. The topological polar surface area (TPSA) is 92.9 Å². The van der Waals surface area contributed by atoms with Gasteiger partial charge in [0.2, 0.25) is 5.91 Å². The second-order valence-corrected chi connectivity index (χ2v) is 4.94. The number of amides is 1. The minimum atomic E-state index is -1.05. The molecule has 2 atom stereocenters. The molecule has 2 heterocycles. The predicted molar refractivity (Wildman–Crippen MR) is 68.3 cm³/mol. The van der Waals surface area contributed by atoms with Gasteiger partial charge in [0.15, 0.2) is 6.10 Å². The fraction of sp³-hybridized carbons (Fsp3) is 0.615. The van der Waals surface area contributed by atoms with E-state index in [1.807, 2.05) is 0 Å². The molecule has 1 amide bonds. The minimum Gasteiger partial charge on any atom is -0.479 e. The van der Waals surface area contributed by atoms with Crippen molar-refractivity contribution in [3.8, 4) is 0 Å². The Hall–Kier alpha value is -1.89. The quantitative estimate of drug-likeness (QED) is 0.877. The Morgan fingerprint density at radius 3 is 2.70 bits per heavy atom. The second-order valence-electron chi connectivity index (χ2n) is 4.94. The number of carbonyl (C=O) groups excluding carboxylic acids is 1. The summed E-state index contributed by atoms with van der Waals surface area (Å²) in [5.41, 5.74) is 1.46. The van der Waals surface area contributed by atoms with Gasteiger partial charge in [0, 0.05) is 12.1 Å². The van der Waals surface area contributed by atoms with Crippen LogP contribution in [0.1, 0.15) is 29.9 Å². The summed E-state index contributed by atoms with van der Waals surface area (Å²) in [5.74, 6) is -0.971. The first-order chi connectivity index (χ1) is 9.41. The van der Waals surface area contributed by atoms with Crippen LogP contribution < -0.4 is 0 Å². The van der Waals surface area contributed by atoms with Crippen molar-refractivity contribution < 1.29 is 24.0 Å². The molecular formula is C13H18N2O5. The zero-order valence-corrected chi connectivity index (χ0v) is 11.8. The molecule has 0 bridgehead atoms. The van der Waals surface area contributed by atoms with Crippen molar-refractivity contribution in [1.82, 2.24) is 10.1 Å². The number of morpholine rings is 1. The van der Waals surface area contributed by atoms with Crippen LogP contribution in [0.2, 0.25) is 0 Å². The molecule has 0 aliphatic carbocycles. The zero-order chi connectivity index (χ0) is 14.9. The molecule has 1 N–H and O–H groups in total. The molecule has 1 aliphatic rings. The van der Waals surface area contributed by atoms with E-state index >= 15 is 0 Å². The number of hydrogen-bond acceptors (Lipinski definition) is 5. The first kappa shape index (κ1) is 14.5. The molecule has 1 saturated heterocycles. The molecule has 1 fully saturated rings. The summed E-state index contributed by atoms with van der Waals surface area (Å²) >= 11 is 0. The molecule has 0 unspecified atom stereocenters. The van der Waals surface area contributed by atoms with Gasteiger partial charge in [0.1, 0.15) is 5.76 Å². The molecule has 7 heteroatoms. The van der Waals surface area contributed by atoms with Gasteiger partial charge in [-0.2, -0.15) is 0 Å². The number of ether oxygens (including phenoxy) is 1. The predicted octanol–water partition coefficient (Wildman–Crippen LogP) is 0.707. The lowest BCUT2D eigenvalue weighted by molar-refractivity contribution is -0.159. The van der Waals surface area contributed by atoms with Gasteiger partial charge in [-0.25, -0.2) is 4.79 Å². The Morgan fingerprint density at radius 2 is 2.15 bits per heavy atom. The second kappa shape index (κ2) is 5.62. The van der Waals surface area contributed by atoms with Crippen LogP contribution in [0.3, 0.4) is 0 Å². The van der Waals surface area contributed by atoms with E-state index in [0.717, 1.165) is 5.56 Å². The molecular weight excluding hydrogens is 264 g/mol. The summed E-state index contributed by atoms with van der Waals surface area (Å²) in [6.45, 7) is 6.03. The Labute approximate surface area is 116 Å². The van der Waals surface area contributed by atoms with Crippen LogP contribution in [0.15, 0.2) is 4.52 Å². The fourth-order valence-electron chi connectivity index (χ4n) is 2.50. The van der Waals surface area contributed by atoms with E-state index in [-0.39, 0.29) is 19.1 Å². The van der Waals surface area contributed by atoms with Gasteiger partial charge in [-0.05, 0) is 20.8 Å². The largest absolute Gasteiger partial charge is 0.479 e. The molecule has 0 aromatic carbocycles. The SMILES string of the molecule is Cc1noc(C)c1[C@H](C)C(=O)N1CCO[C@@H](C(=O)O)C1. The first-order valence-electron chi connectivity index (χ1n) is 6.47. The molecule has 1 aromatic heterocycles. The zero-order valence-electron chi connectivity index (χ0n) is 11.8. The fourth-order valence-corrected chi connectivity index (χ4v) is 2.50. The van der Waals surface area contributed by atoms with Crippen molar-refractivity contribution in [3.05, 3.63) is 17.0 Å². The lowest BCUT2D eigenvalue weighted by Crippen LogP contribution is -2.49. The van der Waals surface area contributed by atoms with Crippen LogP contribution in [0.4, 0.5) is 0 Å². The van der Waals surface area contributed by atoms with Gasteiger partial charge in [-0.1, -0.05) is 5.16 Å². The van der Waals surface area contributed by atoms with Crippen LogP contribution in [0.25, 0.3) is 0 Å². The van der Waals surface area contributed by atoms with Gasteiger partial charge in [0.05, 0.1) is 24.8 Å². The molecule has 110 valence electrons. The van der Waals surface area contributed by atoms with E-state index in [2.05, 4.69) is 5.16 Å². The normalized spacial score (nSPS) is 20.8. The highest BCUT2D eigenvalue weighted by molar-refractivity contribution is 5.84. The number of aromatic nitrogens is 1. The van der Waals surface area contributed by atoms with Crippen LogP contribution in [0, 0.1) is 13.8 Å². The number of aliphatic carboxylic acids is 1. The van der Waals surface area contributed by atoms with Gasteiger partial charge in [-0.3, -0.25) is 4.79 Å². The molecule has 0 saturated carbocycles. The van der Waals surface area contributed by atoms with E-state index in [1.165, 1.54) is 4.90 Å². The summed E-state index contributed by atoms with van der Waals surface area (Å²) < 4.78 is 10.2. The molecule has 0 radical (unpaired) electrons. The average molecular weight is 282 g/mol. The average Bonchev–Trinajstić information content (AvgIpc) is 2.76. The van der Waals surface area contributed by atoms with E-state index in [4.69, 9.17) is 14.4 Å². The number of hydrogen-bond donors (Lipinski definition) is 1. The van der Waals surface area contributed by atoms with Crippen LogP contribution >= 0.6 is 0 Å². The van der Waals surface area contributed by atoms with Crippen molar-refractivity contribution in [2.45, 2.75) is 32.8 Å². The highest BCUT2D eigenvalue weighted by Gasteiger charge is 2.33. The van der Waals surface area contributed by atoms with Gasteiger partial charge < -0.3 is 19.3 Å². The number of rotatable bonds is 3. The maximum Gasteiger partial charge on any atom is 0.334 e. The number of carbonyl (C=O) groups is 2. The molecule has 1 aromatic rings. The lowest BCUT2D eigenvalue weighted by Gasteiger charge is -2.32. The molecule has 2 rings (SSSR count). The van der Waals surface area contributed by atoms with Gasteiger partial charge >= 0.3 is 5.97 Å². The molecule has 20 heavy (non-hydrogen) atoms. The van der Waals surface area contributed by atoms with E-state index in [0.29, 0.717) is 18.0 Å². The summed E-state index contributed by atoms with van der Waals surface area (Å²) in [6, 6.07) is 0. The third-order valence-corrected chi connectivity index (χ3v) is 3.55. The number of nitrogens with zero attached hydrogens (tertiary/aromatic N) is 2. The summed E-state index contributed by atoms with van der Waals surface area (Å²) in [7, 11) is 0. The maximum absolute atomic E-state index is 12.5. The highest BCUT2D eigenvalue weighted by atomic mass is 16.5. The molecule has 1 aliphatic heterocycles. The summed E-state index contributed by atoms with van der Waals surface area (Å²) in [5, 5.41) is 12.8. The molecule has 0 spiro atoms. The smallest absolute Gasteiger partial charge is 0.334 e. The van der Waals surface area contributed by atoms with Crippen LogP contribution in [0.5, 0.6) is 0 Å². The van der Waals surface area contributed by atoms with Crippen molar-refractivity contribution in [2.24, 2.45) is 0 Å². The van der Waals surface area contributed by atoms with Gasteiger partial charge in [-0.15, -0.1) is 0 Å². The lowest BCUT2D eigenvalue weighted by atomic mass is 9.97. The van der Waals surface area contributed by atoms with Crippen LogP contribution in [-0.4, -0.2) is 52.8 Å². The number of aryl methyl sites for hydroxylation is 2. The first-order valence-corrected chi connectivity index (χ1v) is 6.47. The molecule has 7 nitrogen and oxygen atoms in total. The minimum absolute atomic E-state index is 0.0713. The van der Waals surface area contributed by atoms with E-state index in [9.17, 15) is 9.59 Å². The highest BCUT2D eigenvalue weighted by Crippen LogP contribution is 2.25. The van der Waals surface area contributed by atoms with E-state index in [1.54, 1.807) is 20.8 Å². The number of carboxylic acid groups (broad SMARTS) is 1. The monoisotopic (exact) mass is 282 g/mol. The summed E-state index contributed by atoms with van der Waals surface area (Å²) in [4.78, 5) is 24.9. The van der Waals surface area contributed by atoms with Crippen LogP contribution in [-0.2, 0) is 14.3 Å². The van der Waals surface area contributed by atoms with Crippen molar-refractivity contribution in [3.63, 3.8) is 0 Å². The Kier molecular flexibility index (Phi) is 4.08. The van der Waals surface area contributed by atoms with E-state index < -0.39 is 18.0 Å². The third kappa shape index (κ3) is 2.67. The Balaban J connectivity index is 2.13. The van der Waals surface area contributed by atoms with Gasteiger partial charge in [0.25, 0.3) is 0 Å². The third-order valence-electron chi connectivity index (χ3n) is 3.55. The van der Waals surface area contributed by atoms with Crippen molar-refractivity contribution in [2.75, 3.05) is 19.7 Å². The Bertz CT molecular complexity index is 505. The standard InChI is InChI=1S/C13H18N2O5/c1-7(11-8(2)14-20-9(11)3)12(16)15-4-5-19-10(6-15)13(17)18/h7,10H,4-6H2,1-3H3,(H,17,18)/t7-,10+/m0/s1. The number of carboxylic acids is 1. The summed E-state index contributed by atoms with van der Waals surface area (Å²) in [6.07, 6.45) is -0.954. The Morgan fingerprint density at radius 1 is 1.45 bits per heavy atom. The van der Waals surface area contributed by atoms with Crippen molar-refractivity contribution >= 4 is 11.9 Å².